The van der Waals surface area contributed by atoms with E-state index in [0.717, 1.165) is 88.6 Å². The first-order valence-corrected chi connectivity index (χ1v) is 26.2. The number of carbonyl (C=O) groups is 2. The molecule has 0 spiro atoms. The first-order valence-electron chi connectivity index (χ1n) is 24.7. The largest absolute Gasteiger partial charge is 0.472 e. The molecule has 358 valence electrons. The van der Waals surface area contributed by atoms with Crippen LogP contribution in [0.3, 0.4) is 0 Å². The van der Waals surface area contributed by atoms with Crippen LogP contribution in [-0.4, -0.2) is 56.3 Å². The van der Waals surface area contributed by atoms with Gasteiger partial charge in [0.2, 0.25) is 0 Å². The second-order valence-electron chi connectivity index (χ2n) is 17.5. The molecule has 2 aromatic rings. The summed E-state index contributed by atoms with van der Waals surface area (Å²) in [5.41, 5.74) is 5.31. The van der Waals surface area contributed by atoms with E-state index in [9.17, 15) is 19.0 Å². The summed E-state index contributed by atoms with van der Waals surface area (Å²) in [6.07, 6.45) is 27.8. The zero-order valence-electron chi connectivity index (χ0n) is 40.3. The molecule has 0 aliphatic heterocycles. The van der Waals surface area contributed by atoms with Gasteiger partial charge in [-0.1, -0.05) is 117 Å². The number of esters is 2. The highest BCUT2D eigenvalue weighted by Gasteiger charge is 2.26. The molecule has 1 unspecified atom stereocenters. The number of unbranched alkanes of at least 4 members (excludes halogenated alkanes) is 18. The van der Waals surface area contributed by atoms with Gasteiger partial charge in [-0.25, -0.2) is 4.57 Å². The maximum absolute atomic E-state index is 12.8. The number of carbonyl (C=O) groups excluding carboxylic acids is 2. The summed E-state index contributed by atoms with van der Waals surface area (Å²) in [5, 5.41) is 2.83. The number of ether oxygens (including phenoxy) is 2. The molecule has 0 aliphatic carbocycles. The first-order chi connectivity index (χ1) is 29.9. The van der Waals surface area contributed by atoms with Crippen LogP contribution in [0.1, 0.15) is 213 Å². The third-order valence-corrected chi connectivity index (χ3v) is 13.1. The van der Waals surface area contributed by atoms with Crippen LogP contribution in [0.15, 0.2) is 8.83 Å². The van der Waals surface area contributed by atoms with Crippen LogP contribution >= 0.6 is 7.82 Å². The standard InChI is InChI=1S/C50H88NO10P/c1-8-10-24-30-45-40(3)42(5)47(60-45)32-26-20-16-12-14-18-22-28-34-49(52)56-38-44(39-58-62(54,55)57-37-36-51-7)59-50(53)35-29-23-19-15-13-17-21-27-33-48-43(6)41(4)46(61-48)31-25-11-9-2/h44,51H,8-39H2,1-7H3,(H,54,55)/t44-/m1/s1. The van der Waals surface area contributed by atoms with Gasteiger partial charge in [0, 0.05) is 45.1 Å². The zero-order valence-corrected chi connectivity index (χ0v) is 41.2. The number of nitrogens with one attached hydrogen (secondary N) is 1. The van der Waals surface area contributed by atoms with Crippen LogP contribution in [0.25, 0.3) is 0 Å². The number of likely N-dealkylation sites (N-methyl/N-ethyl adjacent to an activating group) is 1. The van der Waals surface area contributed by atoms with E-state index in [1.54, 1.807) is 7.05 Å². The van der Waals surface area contributed by atoms with Crippen LogP contribution < -0.4 is 5.32 Å². The minimum atomic E-state index is -4.38. The van der Waals surface area contributed by atoms with Gasteiger partial charge in [-0.3, -0.25) is 18.6 Å². The van der Waals surface area contributed by atoms with Crippen LogP contribution in [0.4, 0.5) is 0 Å². The van der Waals surface area contributed by atoms with Crippen molar-refractivity contribution in [3.05, 3.63) is 45.3 Å². The molecule has 2 aromatic heterocycles. The summed E-state index contributed by atoms with van der Waals surface area (Å²) < 4.78 is 45.9. The summed E-state index contributed by atoms with van der Waals surface area (Å²) >= 11 is 0. The monoisotopic (exact) mass is 894 g/mol. The number of aryl methyl sites for hydroxylation is 4. The van der Waals surface area contributed by atoms with Crippen molar-refractivity contribution in [2.75, 3.05) is 33.4 Å². The molecule has 0 bridgehead atoms. The molecule has 0 radical (unpaired) electrons. The van der Waals surface area contributed by atoms with E-state index in [1.807, 2.05) is 0 Å². The quantitative estimate of drug-likeness (QED) is 0.0374. The van der Waals surface area contributed by atoms with Gasteiger partial charge in [0.05, 0.1) is 13.2 Å². The van der Waals surface area contributed by atoms with Gasteiger partial charge in [-0.05, 0) is 95.5 Å². The number of rotatable bonds is 40. The molecule has 11 nitrogen and oxygen atoms in total. The van der Waals surface area contributed by atoms with Crippen molar-refractivity contribution in [2.45, 2.75) is 227 Å². The van der Waals surface area contributed by atoms with Crippen molar-refractivity contribution in [3.63, 3.8) is 0 Å². The summed E-state index contributed by atoms with van der Waals surface area (Å²) in [5.74, 6) is 3.83. The summed E-state index contributed by atoms with van der Waals surface area (Å²) in [7, 11) is -2.68. The Bertz CT molecular complexity index is 1530. The first kappa shape index (κ1) is 55.7. The van der Waals surface area contributed by atoms with Gasteiger partial charge in [-0.2, -0.15) is 0 Å². The number of phosphoric acid groups is 1. The fourth-order valence-corrected chi connectivity index (χ4v) is 8.54. The molecule has 62 heavy (non-hydrogen) atoms. The van der Waals surface area contributed by atoms with Crippen molar-refractivity contribution < 1.29 is 46.4 Å². The van der Waals surface area contributed by atoms with Gasteiger partial charge >= 0.3 is 19.8 Å². The highest BCUT2D eigenvalue weighted by atomic mass is 31.2. The highest BCUT2D eigenvalue weighted by Crippen LogP contribution is 2.43. The van der Waals surface area contributed by atoms with Crippen molar-refractivity contribution >= 4 is 19.8 Å². The molecule has 0 aliphatic rings. The van der Waals surface area contributed by atoms with Crippen LogP contribution in [0.2, 0.25) is 0 Å². The van der Waals surface area contributed by atoms with Crippen LogP contribution in [0.5, 0.6) is 0 Å². The SMILES string of the molecule is CCCCCc1oc(CCCCCCCCCCC(=O)OC[C@H](COP(=O)(O)OCCNC)OC(=O)CCCCCCCCCCc2oc(CCCCC)c(C)c2C)c(C)c1C. The lowest BCUT2D eigenvalue weighted by Gasteiger charge is -2.20. The Labute approximate surface area is 376 Å². The van der Waals surface area contributed by atoms with Gasteiger partial charge in [0.25, 0.3) is 0 Å². The Morgan fingerprint density at radius 1 is 0.548 bits per heavy atom. The molecular weight excluding hydrogens is 806 g/mol. The summed E-state index contributed by atoms with van der Waals surface area (Å²) in [6.45, 7) is 12.9. The number of furan rings is 2. The maximum Gasteiger partial charge on any atom is 0.472 e. The molecule has 0 amide bonds. The third kappa shape index (κ3) is 24.6. The molecule has 2 heterocycles. The molecule has 0 aromatic carbocycles. The van der Waals surface area contributed by atoms with Gasteiger partial charge in [-0.15, -0.1) is 0 Å². The molecule has 2 N–H and O–H groups in total. The van der Waals surface area contributed by atoms with E-state index >= 15 is 0 Å². The van der Waals surface area contributed by atoms with Crippen molar-refractivity contribution in [2.24, 2.45) is 0 Å². The lowest BCUT2D eigenvalue weighted by Crippen LogP contribution is -2.29. The van der Waals surface area contributed by atoms with Crippen molar-refractivity contribution in [1.82, 2.24) is 5.32 Å². The van der Waals surface area contributed by atoms with E-state index in [2.05, 4.69) is 46.9 Å². The predicted octanol–water partition coefficient (Wildman–Crippen LogP) is 13.2. The van der Waals surface area contributed by atoms with Crippen LogP contribution in [0, 0.1) is 27.7 Å². The molecule has 12 heteroatoms. The molecular formula is C50H88NO10P. The normalized spacial score (nSPS) is 13.1. The van der Waals surface area contributed by atoms with Crippen molar-refractivity contribution in [3.8, 4) is 0 Å². The van der Waals surface area contributed by atoms with Gasteiger partial charge in [0.15, 0.2) is 6.10 Å². The summed E-state index contributed by atoms with van der Waals surface area (Å²) in [6, 6.07) is 0. The molecule has 0 saturated carbocycles. The average molecular weight is 894 g/mol. The lowest BCUT2D eigenvalue weighted by atomic mass is 10.0. The Morgan fingerprint density at radius 3 is 1.32 bits per heavy atom. The van der Waals surface area contributed by atoms with Crippen molar-refractivity contribution in [1.29, 1.82) is 0 Å². The van der Waals surface area contributed by atoms with Crippen LogP contribution in [-0.2, 0) is 58.4 Å². The molecule has 2 rings (SSSR count). The summed E-state index contributed by atoms with van der Waals surface area (Å²) in [4.78, 5) is 35.4. The van der Waals surface area contributed by atoms with E-state index < -0.39 is 32.5 Å². The smallest absolute Gasteiger partial charge is 0.466 e. The average Bonchev–Trinajstić information content (AvgIpc) is 3.67. The second kappa shape index (κ2) is 34.0. The molecule has 2 atom stereocenters. The highest BCUT2D eigenvalue weighted by molar-refractivity contribution is 7.47. The topological polar surface area (TPSA) is 147 Å². The van der Waals surface area contributed by atoms with Gasteiger partial charge < -0.3 is 28.5 Å². The predicted molar refractivity (Wildman–Crippen MR) is 250 cm³/mol. The maximum atomic E-state index is 12.8. The third-order valence-electron chi connectivity index (χ3n) is 12.1. The van der Waals surface area contributed by atoms with Gasteiger partial charge in [0.1, 0.15) is 29.6 Å². The Kier molecular flexibility index (Phi) is 30.5. The number of phosphoric ester groups is 1. The lowest BCUT2D eigenvalue weighted by molar-refractivity contribution is -0.161. The minimum absolute atomic E-state index is 0.0284. The second-order valence-corrected chi connectivity index (χ2v) is 18.9. The van der Waals surface area contributed by atoms with E-state index in [4.69, 9.17) is 27.4 Å². The Hall–Kier alpha value is -2.43. The molecule has 0 fully saturated rings. The van der Waals surface area contributed by atoms with E-state index in [-0.39, 0.29) is 26.1 Å². The minimum Gasteiger partial charge on any atom is -0.466 e. The fourth-order valence-electron chi connectivity index (χ4n) is 7.79. The van der Waals surface area contributed by atoms with E-state index in [0.29, 0.717) is 19.4 Å². The number of hydrogen-bond donors (Lipinski definition) is 2. The molecule has 0 saturated heterocycles. The fraction of sp³-hybridized carbons (Fsp3) is 0.800. The number of hydrogen-bond acceptors (Lipinski definition) is 10. The Balaban J connectivity index is 1.60. The Morgan fingerprint density at radius 2 is 0.919 bits per heavy atom. The van der Waals surface area contributed by atoms with E-state index in [1.165, 1.54) is 111 Å². The zero-order chi connectivity index (χ0) is 45.4.